The number of rotatable bonds is 1. The van der Waals surface area contributed by atoms with Gasteiger partial charge in [0.05, 0.1) is 32.5 Å². The van der Waals surface area contributed by atoms with Gasteiger partial charge >= 0.3 is 0 Å². The molecule has 0 saturated carbocycles. The number of carbonyl (C=O) groups is 1. The molecule has 0 atom stereocenters. The Hall–Kier alpha value is -2.99. The second-order valence-electron chi connectivity index (χ2n) is 7.38. The number of hydrogen-bond acceptors (Lipinski definition) is 5. The van der Waals surface area contributed by atoms with Crippen molar-refractivity contribution in [1.29, 1.82) is 0 Å². The van der Waals surface area contributed by atoms with Crippen LogP contribution in [0.5, 0.6) is 11.5 Å². The van der Waals surface area contributed by atoms with Crippen LogP contribution in [0.15, 0.2) is 40.9 Å². The van der Waals surface area contributed by atoms with Crippen LogP contribution in [-0.4, -0.2) is 26.0 Å². The van der Waals surface area contributed by atoms with Crippen molar-refractivity contribution in [3.8, 4) is 11.5 Å². The zero-order chi connectivity index (χ0) is 22.2. The van der Waals surface area contributed by atoms with Crippen molar-refractivity contribution in [2.45, 2.75) is 34.6 Å². The van der Waals surface area contributed by atoms with Gasteiger partial charge in [-0.15, -0.1) is 0 Å². The average Bonchev–Trinajstić information content (AvgIpc) is 2.68. The second kappa shape index (κ2) is 8.40. The van der Waals surface area contributed by atoms with Crippen LogP contribution in [0.25, 0.3) is 21.8 Å². The minimum Gasteiger partial charge on any atom is -0.505 e. The molecule has 0 radical (unpaired) electrons. The predicted octanol–water partition coefficient (Wildman–Crippen LogP) is 6.08. The molecule has 0 aliphatic rings. The topological polar surface area (TPSA) is 83.3 Å². The fraction of sp³-hybridized carbons (Fsp3) is 0.208. The number of aromatic hydroxyl groups is 2. The van der Waals surface area contributed by atoms with E-state index in [1.807, 2.05) is 50.2 Å². The van der Waals surface area contributed by atoms with Crippen LogP contribution in [0.2, 0.25) is 0 Å². The first-order valence-corrected chi connectivity index (χ1v) is 10.3. The summed E-state index contributed by atoms with van der Waals surface area (Å²) >= 11 is 3.38. The molecule has 0 unspecified atom stereocenters. The maximum Gasteiger partial charge on any atom is 0.164 e. The highest BCUT2D eigenvalue weighted by atomic mass is 79.9. The summed E-state index contributed by atoms with van der Waals surface area (Å²) in [6.45, 7) is 8.90. The molecular formula is C24H23BrN2O3. The Balaban J connectivity index is 0.000000172. The minimum absolute atomic E-state index is 0.00870. The van der Waals surface area contributed by atoms with Crippen LogP contribution in [0, 0.1) is 27.7 Å². The van der Waals surface area contributed by atoms with Gasteiger partial charge in [0.15, 0.2) is 11.5 Å². The Labute approximate surface area is 183 Å². The van der Waals surface area contributed by atoms with Gasteiger partial charge in [-0.05, 0) is 74.8 Å². The number of hydrogen-bond donors (Lipinski definition) is 2. The minimum atomic E-state index is -0.140. The Morgan fingerprint density at radius 1 is 0.800 bits per heavy atom. The van der Waals surface area contributed by atoms with Gasteiger partial charge in [-0.1, -0.05) is 23.3 Å². The van der Waals surface area contributed by atoms with E-state index in [1.54, 1.807) is 13.8 Å². The molecule has 0 bridgehead atoms. The Kier molecular flexibility index (Phi) is 6.08. The molecule has 2 N–H and O–H groups in total. The predicted molar refractivity (Wildman–Crippen MR) is 123 cm³/mol. The molecule has 5 nitrogen and oxygen atoms in total. The lowest BCUT2D eigenvalue weighted by Gasteiger charge is -2.09. The molecule has 6 heteroatoms. The number of fused-ring (bicyclic) bond motifs is 2. The molecule has 0 aliphatic heterocycles. The Morgan fingerprint density at radius 2 is 1.27 bits per heavy atom. The van der Waals surface area contributed by atoms with Crippen LogP contribution in [-0.2, 0) is 0 Å². The van der Waals surface area contributed by atoms with E-state index in [-0.39, 0.29) is 17.3 Å². The van der Waals surface area contributed by atoms with Gasteiger partial charge in [-0.25, -0.2) is 9.97 Å². The fourth-order valence-corrected chi connectivity index (χ4v) is 3.89. The standard InChI is InChI=1S/C13H13NO2.C11H10BrNO/c1-7-4-5-11-10(6-7)12(9(3)15)13(16)8(2)14-11;1-6-3-4-9-8(5-6)10(12)11(14)7(2)13-9/h4-6,16H,1-3H3;3-5,14H,1-2H3. The smallest absolute Gasteiger partial charge is 0.164 e. The normalized spacial score (nSPS) is 10.7. The van der Waals surface area contributed by atoms with Crippen molar-refractivity contribution in [2.75, 3.05) is 0 Å². The van der Waals surface area contributed by atoms with E-state index in [0.717, 1.165) is 37.4 Å². The molecule has 154 valence electrons. The molecule has 0 amide bonds. The van der Waals surface area contributed by atoms with Gasteiger partial charge < -0.3 is 10.2 Å². The molecule has 0 fully saturated rings. The van der Waals surface area contributed by atoms with Crippen molar-refractivity contribution in [3.05, 3.63) is 68.9 Å². The summed E-state index contributed by atoms with van der Waals surface area (Å²) in [5, 5.41) is 21.2. The van der Waals surface area contributed by atoms with Gasteiger partial charge in [0.25, 0.3) is 0 Å². The molecule has 30 heavy (non-hydrogen) atoms. The Morgan fingerprint density at radius 3 is 1.80 bits per heavy atom. The molecule has 2 heterocycles. The van der Waals surface area contributed by atoms with Gasteiger partial charge in [0.2, 0.25) is 0 Å². The number of carbonyl (C=O) groups excluding carboxylic acids is 1. The van der Waals surface area contributed by atoms with Gasteiger partial charge in [0.1, 0.15) is 5.75 Å². The lowest BCUT2D eigenvalue weighted by atomic mass is 10.0. The summed E-state index contributed by atoms with van der Waals surface area (Å²) in [6, 6.07) is 11.7. The molecule has 4 rings (SSSR count). The van der Waals surface area contributed by atoms with Gasteiger partial charge in [0, 0.05) is 10.8 Å². The fourth-order valence-electron chi connectivity index (χ4n) is 3.29. The highest BCUT2D eigenvalue weighted by Gasteiger charge is 2.15. The lowest BCUT2D eigenvalue weighted by molar-refractivity contribution is 0.101. The maximum absolute atomic E-state index is 11.6. The zero-order valence-electron chi connectivity index (χ0n) is 17.5. The molecule has 0 saturated heterocycles. The summed E-state index contributed by atoms with van der Waals surface area (Å²) in [5.74, 6) is 0.0762. The van der Waals surface area contributed by atoms with Crippen LogP contribution in [0.3, 0.4) is 0 Å². The summed E-state index contributed by atoms with van der Waals surface area (Å²) < 4.78 is 0.726. The first-order chi connectivity index (χ1) is 14.1. The molecule has 2 aromatic carbocycles. The summed E-state index contributed by atoms with van der Waals surface area (Å²) in [6.07, 6.45) is 0. The van der Waals surface area contributed by atoms with Gasteiger partial charge in [-0.3, -0.25) is 4.79 Å². The number of benzene rings is 2. The number of aromatic nitrogens is 2. The van der Waals surface area contributed by atoms with Crippen LogP contribution >= 0.6 is 15.9 Å². The first-order valence-electron chi connectivity index (χ1n) is 9.46. The number of halogens is 1. The van der Waals surface area contributed by atoms with E-state index in [4.69, 9.17) is 0 Å². The third kappa shape index (κ3) is 4.14. The van der Waals surface area contributed by atoms with E-state index in [0.29, 0.717) is 17.0 Å². The number of aryl methyl sites for hydroxylation is 4. The highest BCUT2D eigenvalue weighted by molar-refractivity contribution is 9.10. The van der Waals surface area contributed by atoms with Crippen LogP contribution in [0.4, 0.5) is 0 Å². The monoisotopic (exact) mass is 466 g/mol. The van der Waals surface area contributed by atoms with Crippen molar-refractivity contribution in [1.82, 2.24) is 9.97 Å². The molecule has 4 aromatic rings. The van der Waals surface area contributed by atoms with Crippen molar-refractivity contribution >= 4 is 43.5 Å². The quantitative estimate of drug-likeness (QED) is 0.332. The molecular weight excluding hydrogens is 444 g/mol. The van der Waals surface area contributed by atoms with Crippen molar-refractivity contribution in [3.63, 3.8) is 0 Å². The summed E-state index contributed by atoms with van der Waals surface area (Å²) in [5.41, 5.74) is 5.34. The summed E-state index contributed by atoms with van der Waals surface area (Å²) in [4.78, 5) is 20.1. The van der Waals surface area contributed by atoms with E-state index in [1.165, 1.54) is 6.92 Å². The van der Waals surface area contributed by atoms with Crippen LogP contribution in [0.1, 0.15) is 39.8 Å². The van der Waals surface area contributed by atoms with E-state index in [2.05, 4.69) is 25.9 Å². The highest BCUT2D eigenvalue weighted by Crippen LogP contribution is 2.33. The number of pyridine rings is 2. The van der Waals surface area contributed by atoms with E-state index in [9.17, 15) is 15.0 Å². The molecule has 0 aliphatic carbocycles. The zero-order valence-corrected chi connectivity index (χ0v) is 19.1. The van der Waals surface area contributed by atoms with Gasteiger partial charge in [-0.2, -0.15) is 0 Å². The third-order valence-electron chi connectivity index (χ3n) is 4.87. The number of ketones is 1. The number of Topliss-reactive ketones (excluding diaryl/α,β-unsaturated/α-hetero) is 1. The average molecular weight is 467 g/mol. The van der Waals surface area contributed by atoms with Crippen LogP contribution < -0.4 is 0 Å². The number of nitrogens with zero attached hydrogens (tertiary/aromatic N) is 2. The SMILES string of the molecule is CC(=O)c1c(O)c(C)nc2ccc(C)cc12.Cc1ccc2nc(C)c(O)c(Br)c2c1. The van der Waals surface area contributed by atoms with E-state index >= 15 is 0 Å². The largest absolute Gasteiger partial charge is 0.505 e. The first kappa shape index (κ1) is 21.7. The Bertz CT molecular complexity index is 1300. The summed E-state index contributed by atoms with van der Waals surface area (Å²) in [7, 11) is 0. The maximum atomic E-state index is 11.6. The lowest BCUT2D eigenvalue weighted by Crippen LogP contribution is -1.99. The second-order valence-corrected chi connectivity index (χ2v) is 8.17. The van der Waals surface area contributed by atoms with Crippen molar-refractivity contribution < 1.29 is 15.0 Å². The van der Waals surface area contributed by atoms with E-state index < -0.39 is 0 Å². The molecule has 2 aromatic heterocycles. The molecule has 0 spiro atoms. The van der Waals surface area contributed by atoms with Crippen molar-refractivity contribution in [2.24, 2.45) is 0 Å². The third-order valence-corrected chi connectivity index (χ3v) is 5.67.